The van der Waals surface area contributed by atoms with Gasteiger partial charge in [0.2, 0.25) is 0 Å². The van der Waals surface area contributed by atoms with Crippen molar-refractivity contribution in [2.24, 2.45) is 0 Å². The van der Waals surface area contributed by atoms with Crippen LogP contribution in [0.5, 0.6) is 0 Å². The predicted octanol–water partition coefficient (Wildman–Crippen LogP) is 2.87. The molecule has 27 heavy (non-hydrogen) atoms. The molecule has 7 nitrogen and oxygen atoms in total. The van der Waals surface area contributed by atoms with Crippen LogP contribution < -0.4 is 0 Å². The van der Waals surface area contributed by atoms with Crippen LogP contribution in [-0.4, -0.2) is 44.5 Å². The molecule has 4 rings (SSSR count). The summed E-state index contributed by atoms with van der Waals surface area (Å²) in [6.45, 7) is -1.24. The lowest BCUT2D eigenvalue weighted by molar-refractivity contribution is 0.0546. The van der Waals surface area contributed by atoms with Crippen LogP contribution in [0.15, 0.2) is 36.4 Å². The zero-order chi connectivity index (χ0) is 19.2. The monoisotopic (exact) mass is 393 g/mol. The second-order valence-corrected chi connectivity index (χ2v) is 8.75. The van der Waals surface area contributed by atoms with Crippen LogP contribution in [0.4, 0.5) is 8.78 Å². The first-order valence-electron chi connectivity index (χ1n) is 8.41. The highest BCUT2D eigenvalue weighted by atomic mass is 32.2. The van der Waals surface area contributed by atoms with Crippen molar-refractivity contribution in [3.05, 3.63) is 42.1 Å². The molecule has 3 heterocycles. The Bertz CT molecular complexity index is 1080. The highest BCUT2D eigenvalue weighted by Gasteiger charge is 2.33. The maximum atomic E-state index is 13.1. The lowest BCUT2D eigenvalue weighted by atomic mass is 10.2. The number of aromatic nitrogens is 5. The molecule has 0 bridgehead atoms. The molecule has 0 saturated carbocycles. The first-order valence-corrected chi connectivity index (χ1v) is 10.2. The Balaban J connectivity index is 1.84. The molecule has 10 heteroatoms. The van der Waals surface area contributed by atoms with Crippen molar-refractivity contribution in [3.8, 4) is 22.9 Å². The van der Waals surface area contributed by atoms with Gasteiger partial charge >= 0.3 is 6.55 Å². The van der Waals surface area contributed by atoms with E-state index in [2.05, 4.69) is 15.2 Å². The summed E-state index contributed by atoms with van der Waals surface area (Å²) in [6, 6.07) is 10.3. The smallest absolute Gasteiger partial charge is 0.240 e. The highest BCUT2D eigenvalue weighted by molar-refractivity contribution is 7.91. The van der Waals surface area contributed by atoms with Crippen LogP contribution in [0.1, 0.15) is 24.7 Å². The number of sulfone groups is 1. The number of alkyl halides is 2. The van der Waals surface area contributed by atoms with E-state index < -0.39 is 22.4 Å². The van der Waals surface area contributed by atoms with Gasteiger partial charge in [-0.1, -0.05) is 30.3 Å². The fourth-order valence-electron chi connectivity index (χ4n) is 3.22. The van der Waals surface area contributed by atoms with Crippen molar-refractivity contribution in [1.82, 2.24) is 24.5 Å². The average Bonchev–Trinajstić information content (AvgIpc) is 3.31. The molecule has 0 spiro atoms. The molecular weight excluding hydrogens is 376 g/mol. The molecule has 0 amide bonds. The Hall–Kier alpha value is -2.62. The van der Waals surface area contributed by atoms with Crippen LogP contribution in [-0.2, 0) is 9.84 Å². The summed E-state index contributed by atoms with van der Waals surface area (Å²) in [4.78, 5) is 4.49. The van der Waals surface area contributed by atoms with Crippen molar-refractivity contribution in [3.63, 3.8) is 0 Å². The Labute approximate surface area is 154 Å². The highest BCUT2D eigenvalue weighted by Crippen LogP contribution is 2.31. The van der Waals surface area contributed by atoms with E-state index in [1.54, 1.807) is 0 Å². The zero-order valence-electron chi connectivity index (χ0n) is 14.5. The largest absolute Gasteiger partial charge is 0.333 e. The lowest BCUT2D eigenvalue weighted by Crippen LogP contribution is -2.14. The van der Waals surface area contributed by atoms with Crippen molar-refractivity contribution in [1.29, 1.82) is 0 Å². The van der Waals surface area contributed by atoms with E-state index >= 15 is 0 Å². The molecular formula is C17H17F2N5O2S. The van der Waals surface area contributed by atoms with E-state index in [0.29, 0.717) is 22.8 Å². The topological polar surface area (TPSA) is 82.7 Å². The van der Waals surface area contributed by atoms with Crippen LogP contribution in [0.25, 0.3) is 22.9 Å². The van der Waals surface area contributed by atoms with Gasteiger partial charge in [0.1, 0.15) is 5.69 Å². The van der Waals surface area contributed by atoms with Gasteiger partial charge in [-0.3, -0.25) is 0 Å². The van der Waals surface area contributed by atoms with E-state index in [9.17, 15) is 17.2 Å². The maximum absolute atomic E-state index is 13.1. The normalized spacial score (nSPS) is 19.0. The molecule has 0 radical (unpaired) electrons. The van der Waals surface area contributed by atoms with Gasteiger partial charge in [-0.15, -0.1) is 0 Å². The van der Waals surface area contributed by atoms with Gasteiger partial charge in [0, 0.05) is 11.3 Å². The molecule has 0 aliphatic carbocycles. The van der Waals surface area contributed by atoms with Gasteiger partial charge < -0.3 is 0 Å². The zero-order valence-corrected chi connectivity index (χ0v) is 15.3. The van der Waals surface area contributed by atoms with E-state index in [-0.39, 0.29) is 22.9 Å². The standard InChI is InChI=1S/C17H17F2N5O2S/c1-11-9-14(21-23(11)17(18)19)16-20-15(12-5-3-2-4-6-12)22-24(16)13-7-8-27(25,26)10-13/h2-6,9,13,17H,7-8,10H2,1H3. The number of benzene rings is 1. The number of hydrogen-bond donors (Lipinski definition) is 0. The molecule has 3 aromatic rings. The number of rotatable bonds is 4. The van der Waals surface area contributed by atoms with Crippen LogP contribution >= 0.6 is 0 Å². The molecule has 1 aliphatic heterocycles. The van der Waals surface area contributed by atoms with Crippen LogP contribution in [0.2, 0.25) is 0 Å². The number of halogens is 2. The third-order valence-corrected chi connectivity index (χ3v) is 6.30. The number of hydrogen-bond acceptors (Lipinski definition) is 5. The predicted molar refractivity (Wildman–Crippen MR) is 95.0 cm³/mol. The summed E-state index contributed by atoms with van der Waals surface area (Å²) in [6.07, 6.45) is 0.404. The van der Waals surface area contributed by atoms with Gasteiger partial charge in [0.05, 0.1) is 17.5 Å². The Kier molecular flexibility index (Phi) is 4.29. The van der Waals surface area contributed by atoms with Crippen molar-refractivity contribution < 1.29 is 17.2 Å². The first-order chi connectivity index (χ1) is 12.8. The number of nitrogens with zero attached hydrogens (tertiary/aromatic N) is 5. The maximum Gasteiger partial charge on any atom is 0.333 e. The first kappa shape index (κ1) is 17.8. The SMILES string of the molecule is Cc1cc(-c2nc(-c3ccccc3)nn2C2CCS(=O)(=O)C2)nn1C(F)F. The summed E-state index contributed by atoms with van der Waals surface area (Å²) in [5.41, 5.74) is 1.28. The third-order valence-electron chi connectivity index (χ3n) is 4.55. The molecule has 1 aliphatic rings. The van der Waals surface area contributed by atoms with Gasteiger partial charge in [-0.25, -0.2) is 22.8 Å². The van der Waals surface area contributed by atoms with Crippen molar-refractivity contribution in [2.75, 3.05) is 11.5 Å². The fourth-order valence-corrected chi connectivity index (χ4v) is 4.92. The quantitative estimate of drug-likeness (QED) is 0.681. The van der Waals surface area contributed by atoms with E-state index in [0.717, 1.165) is 5.56 Å². The van der Waals surface area contributed by atoms with Crippen molar-refractivity contribution in [2.45, 2.75) is 25.9 Å². The molecule has 1 saturated heterocycles. The van der Waals surface area contributed by atoms with Gasteiger partial charge in [0.25, 0.3) is 0 Å². The summed E-state index contributed by atoms with van der Waals surface area (Å²) in [5, 5.41) is 8.44. The molecule has 142 valence electrons. The van der Waals surface area contributed by atoms with Crippen LogP contribution in [0.3, 0.4) is 0 Å². The van der Waals surface area contributed by atoms with E-state index in [4.69, 9.17) is 0 Å². The average molecular weight is 393 g/mol. The summed E-state index contributed by atoms with van der Waals surface area (Å²) >= 11 is 0. The second-order valence-electron chi connectivity index (χ2n) is 6.52. The molecule has 2 aromatic heterocycles. The van der Waals surface area contributed by atoms with Crippen molar-refractivity contribution >= 4 is 9.84 Å². The third kappa shape index (κ3) is 3.36. The van der Waals surface area contributed by atoms with Gasteiger partial charge in [-0.05, 0) is 19.4 Å². The summed E-state index contributed by atoms with van der Waals surface area (Å²) < 4.78 is 52.2. The lowest BCUT2D eigenvalue weighted by Gasteiger charge is -2.10. The van der Waals surface area contributed by atoms with Gasteiger partial charge in [-0.2, -0.15) is 19.0 Å². The molecule has 1 fully saturated rings. The van der Waals surface area contributed by atoms with E-state index in [1.807, 2.05) is 30.3 Å². The minimum absolute atomic E-state index is 0.0495. The molecule has 1 aromatic carbocycles. The molecule has 0 N–H and O–H groups in total. The van der Waals surface area contributed by atoms with Crippen LogP contribution in [0, 0.1) is 6.92 Å². The Morgan fingerprint density at radius 2 is 1.93 bits per heavy atom. The molecule has 1 unspecified atom stereocenters. The minimum Gasteiger partial charge on any atom is -0.240 e. The number of aryl methyl sites for hydroxylation is 1. The summed E-state index contributed by atoms with van der Waals surface area (Å²) in [5.74, 6) is 0.714. The van der Waals surface area contributed by atoms with Gasteiger partial charge in [0.15, 0.2) is 21.5 Å². The minimum atomic E-state index is -3.15. The van der Waals surface area contributed by atoms with E-state index in [1.165, 1.54) is 17.7 Å². The summed E-state index contributed by atoms with van der Waals surface area (Å²) in [7, 11) is -3.15. The Morgan fingerprint density at radius 1 is 1.19 bits per heavy atom. The fraction of sp³-hybridized carbons (Fsp3) is 0.353. The second kappa shape index (κ2) is 6.52. The molecule has 1 atom stereocenters. The Morgan fingerprint density at radius 3 is 2.52 bits per heavy atom.